The van der Waals surface area contributed by atoms with E-state index in [2.05, 4.69) is 10.6 Å². The first kappa shape index (κ1) is 33.4. The van der Waals surface area contributed by atoms with E-state index in [1.807, 2.05) is 6.92 Å². The summed E-state index contributed by atoms with van der Waals surface area (Å²) in [6.45, 7) is 5.15. The van der Waals surface area contributed by atoms with Gasteiger partial charge >= 0.3 is 0 Å². The number of phenols is 1. The van der Waals surface area contributed by atoms with Crippen LogP contribution < -0.4 is 15.4 Å². The van der Waals surface area contributed by atoms with Gasteiger partial charge in [0.05, 0.1) is 24.6 Å². The van der Waals surface area contributed by atoms with Gasteiger partial charge in [0.2, 0.25) is 5.91 Å². The van der Waals surface area contributed by atoms with E-state index >= 15 is 8.78 Å². The highest BCUT2D eigenvalue weighted by atomic mass is 19.3. The molecule has 0 aliphatic carbocycles. The predicted molar refractivity (Wildman–Crippen MR) is 164 cm³/mol. The first-order valence-corrected chi connectivity index (χ1v) is 14.8. The molecule has 3 atom stereocenters. The number of likely N-dealkylation sites (tertiary alicyclic amines) is 1. The van der Waals surface area contributed by atoms with Gasteiger partial charge in [-0.1, -0.05) is 62.4 Å². The summed E-state index contributed by atoms with van der Waals surface area (Å²) in [5.74, 6) is -5.59. The summed E-state index contributed by atoms with van der Waals surface area (Å²) in [5.41, 5.74) is -0.234. The van der Waals surface area contributed by atoms with E-state index in [1.165, 1.54) is 32.0 Å². The summed E-state index contributed by atoms with van der Waals surface area (Å²) >= 11 is 0. The molecule has 1 aliphatic rings. The standard InChI is InChI=1S/C34H39F2N3O6/c1-5-45-24-14-9-13-23(17-24)19-37-31(43)29-33(3,4)34(35,36)20-39(29)32(44)28(41)26(18-22-11-7-6-8-12-22)38-30(42)25-15-10-16-27(40)21(25)2/h6-17,26,28-29,40-41H,5,18-20H2,1-4H3,(H,37,43)(H,38,42). The molecule has 4 N–H and O–H groups in total. The molecule has 0 bridgehead atoms. The lowest BCUT2D eigenvalue weighted by molar-refractivity contribution is -0.148. The van der Waals surface area contributed by atoms with E-state index in [0.29, 0.717) is 33.9 Å². The number of hydrogen-bond acceptors (Lipinski definition) is 6. The molecule has 1 aliphatic heterocycles. The van der Waals surface area contributed by atoms with Crippen molar-refractivity contribution in [3.8, 4) is 11.5 Å². The first-order chi connectivity index (χ1) is 21.3. The van der Waals surface area contributed by atoms with Gasteiger partial charge < -0.3 is 30.5 Å². The SMILES string of the molecule is CCOc1cccc(CNC(=O)C2N(C(=O)C(O)C(Cc3ccccc3)NC(=O)c3cccc(O)c3C)CC(F)(F)C2(C)C)c1. The number of nitrogens with one attached hydrogen (secondary N) is 2. The molecule has 0 aromatic heterocycles. The number of phenolic OH excluding ortho intramolecular Hbond substituents is 1. The molecule has 3 aromatic rings. The van der Waals surface area contributed by atoms with Crippen LogP contribution in [0.4, 0.5) is 8.78 Å². The van der Waals surface area contributed by atoms with Crippen molar-refractivity contribution < 1.29 is 38.1 Å². The minimum Gasteiger partial charge on any atom is -0.508 e. The molecule has 0 saturated carbocycles. The second kappa shape index (κ2) is 13.6. The third-order valence-corrected chi connectivity index (χ3v) is 8.31. The second-order valence-corrected chi connectivity index (χ2v) is 11.8. The minimum atomic E-state index is -3.46. The summed E-state index contributed by atoms with van der Waals surface area (Å²) in [7, 11) is 0. The smallest absolute Gasteiger partial charge is 0.272 e. The van der Waals surface area contributed by atoms with Crippen LogP contribution in [0, 0.1) is 12.3 Å². The van der Waals surface area contributed by atoms with Crippen LogP contribution in [0.15, 0.2) is 72.8 Å². The summed E-state index contributed by atoms with van der Waals surface area (Å²) in [6.07, 6.45) is -1.99. The van der Waals surface area contributed by atoms with Gasteiger partial charge in [-0.25, -0.2) is 8.78 Å². The molecule has 3 unspecified atom stereocenters. The maximum absolute atomic E-state index is 15.4. The molecule has 0 radical (unpaired) electrons. The largest absolute Gasteiger partial charge is 0.508 e. The Labute approximate surface area is 261 Å². The average Bonchev–Trinajstić information content (AvgIpc) is 3.20. The van der Waals surface area contributed by atoms with Gasteiger partial charge in [-0.05, 0) is 55.7 Å². The van der Waals surface area contributed by atoms with Crippen LogP contribution in [0.3, 0.4) is 0 Å². The predicted octanol–water partition coefficient (Wildman–Crippen LogP) is 3.99. The fourth-order valence-electron chi connectivity index (χ4n) is 5.54. The number of aliphatic hydroxyl groups excluding tert-OH is 1. The third kappa shape index (κ3) is 7.25. The maximum Gasteiger partial charge on any atom is 0.272 e. The van der Waals surface area contributed by atoms with E-state index in [0.717, 1.165) is 0 Å². The number of aliphatic hydroxyl groups is 1. The topological polar surface area (TPSA) is 128 Å². The molecule has 1 saturated heterocycles. The van der Waals surface area contributed by atoms with Crippen molar-refractivity contribution in [3.05, 3.63) is 95.1 Å². The Hall–Kier alpha value is -4.51. The van der Waals surface area contributed by atoms with Crippen LogP contribution in [-0.4, -0.2) is 70.1 Å². The van der Waals surface area contributed by atoms with Gasteiger partial charge in [0.15, 0.2) is 6.10 Å². The van der Waals surface area contributed by atoms with Gasteiger partial charge in [0.25, 0.3) is 17.7 Å². The fourth-order valence-corrected chi connectivity index (χ4v) is 5.54. The Morgan fingerprint density at radius 3 is 2.38 bits per heavy atom. The number of hydrogen-bond donors (Lipinski definition) is 4. The number of rotatable bonds is 11. The minimum absolute atomic E-state index is 0.00154. The van der Waals surface area contributed by atoms with Gasteiger partial charge in [-0.3, -0.25) is 14.4 Å². The highest BCUT2D eigenvalue weighted by molar-refractivity contribution is 5.97. The van der Waals surface area contributed by atoms with Crippen molar-refractivity contribution in [2.45, 2.75) is 64.8 Å². The van der Waals surface area contributed by atoms with Crippen LogP contribution in [0.2, 0.25) is 0 Å². The summed E-state index contributed by atoms with van der Waals surface area (Å²) in [4.78, 5) is 41.4. The Kier molecular flexibility index (Phi) is 10.1. The second-order valence-electron chi connectivity index (χ2n) is 11.8. The van der Waals surface area contributed by atoms with Crippen LogP contribution in [-0.2, 0) is 22.6 Å². The number of ether oxygens (including phenoxy) is 1. The number of amides is 3. The Morgan fingerprint density at radius 1 is 1.02 bits per heavy atom. The molecule has 4 rings (SSSR count). The normalized spacial score (nSPS) is 18.1. The first-order valence-electron chi connectivity index (χ1n) is 14.8. The van der Waals surface area contributed by atoms with E-state index in [1.54, 1.807) is 61.5 Å². The fraction of sp³-hybridized carbons (Fsp3) is 0.382. The van der Waals surface area contributed by atoms with Gasteiger partial charge in [-0.15, -0.1) is 0 Å². The van der Waals surface area contributed by atoms with Crippen LogP contribution in [0.1, 0.15) is 47.8 Å². The van der Waals surface area contributed by atoms with Crippen molar-refractivity contribution in [3.63, 3.8) is 0 Å². The zero-order valence-corrected chi connectivity index (χ0v) is 25.7. The van der Waals surface area contributed by atoms with Crippen molar-refractivity contribution in [1.82, 2.24) is 15.5 Å². The Balaban J connectivity index is 1.60. The number of benzene rings is 3. The van der Waals surface area contributed by atoms with Gasteiger partial charge in [0, 0.05) is 17.7 Å². The summed E-state index contributed by atoms with van der Waals surface area (Å²) < 4.78 is 36.3. The number of halogens is 2. The molecule has 9 nitrogen and oxygen atoms in total. The van der Waals surface area contributed by atoms with Crippen molar-refractivity contribution >= 4 is 17.7 Å². The average molecular weight is 624 g/mol. The van der Waals surface area contributed by atoms with E-state index in [-0.39, 0.29) is 24.3 Å². The quantitative estimate of drug-likeness (QED) is 0.256. The van der Waals surface area contributed by atoms with Crippen LogP contribution in [0.25, 0.3) is 0 Å². The number of nitrogens with zero attached hydrogens (tertiary/aromatic N) is 1. The molecule has 11 heteroatoms. The number of alkyl halides is 2. The maximum atomic E-state index is 15.4. The molecule has 45 heavy (non-hydrogen) atoms. The summed E-state index contributed by atoms with van der Waals surface area (Å²) in [5, 5.41) is 26.8. The molecule has 240 valence electrons. The van der Waals surface area contributed by atoms with Crippen molar-refractivity contribution in [2.75, 3.05) is 13.2 Å². The monoisotopic (exact) mass is 623 g/mol. The summed E-state index contributed by atoms with van der Waals surface area (Å²) in [6, 6.07) is 17.2. The lowest BCUT2D eigenvalue weighted by Crippen LogP contribution is -2.57. The lowest BCUT2D eigenvalue weighted by Gasteiger charge is -2.34. The molecule has 0 spiro atoms. The Bertz CT molecular complexity index is 1530. The van der Waals surface area contributed by atoms with Gasteiger partial charge in [0.1, 0.15) is 17.5 Å². The molecule has 1 heterocycles. The van der Waals surface area contributed by atoms with Gasteiger partial charge in [-0.2, -0.15) is 0 Å². The number of carbonyl (C=O) groups excluding carboxylic acids is 3. The third-order valence-electron chi connectivity index (χ3n) is 8.31. The molecular weight excluding hydrogens is 584 g/mol. The van der Waals surface area contributed by atoms with Crippen molar-refractivity contribution in [2.24, 2.45) is 5.41 Å². The van der Waals surface area contributed by atoms with E-state index in [9.17, 15) is 24.6 Å². The lowest BCUT2D eigenvalue weighted by atomic mass is 9.81. The van der Waals surface area contributed by atoms with E-state index in [4.69, 9.17) is 4.74 Å². The van der Waals surface area contributed by atoms with Crippen LogP contribution in [0.5, 0.6) is 11.5 Å². The zero-order valence-electron chi connectivity index (χ0n) is 25.7. The molecular formula is C34H39F2N3O6. The molecule has 3 amide bonds. The Morgan fingerprint density at radius 2 is 1.69 bits per heavy atom. The molecule has 1 fully saturated rings. The highest BCUT2D eigenvalue weighted by Crippen LogP contribution is 2.48. The highest BCUT2D eigenvalue weighted by Gasteiger charge is 2.64. The number of carbonyl (C=O) groups is 3. The molecule has 3 aromatic carbocycles. The number of aromatic hydroxyl groups is 1. The zero-order chi connectivity index (χ0) is 32.9. The van der Waals surface area contributed by atoms with Crippen molar-refractivity contribution in [1.29, 1.82) is 0 Å². The van der Waals surface area contributed by atoms with Crippen LogP contribution >= 0.6 is 0 Å². The van der Waals surface area contributed by atoms with E-state index < -0.39 is 53.8 Å².